The van der Waals surface area contributed by atoms with Crippen molar-refractivity contribution in [2.45, 2.75) is 45.8 Å². The summed E-state index contributed by atoms with van der Waals surface area (Å²) < 4.78 is 11.2. The number of carbonyl (C=O) groups is 2. The summed E-state index contributed by atoms with van der Waals surface area (Å²) in [5.74, 6) is -2.30. The molecule has 0 spiro atoms. The minimum absolute atomic E-state index is 0.174. The Morgan fingerprint density at radius 2 is 1.65 bits per heavy atom. The van der Waals surface area contributed by atoms with Crippen molar-refractivity contribution >= 4 is 11.9 Å². The molecule has 1 atom stereocenters. The van der Waals surface area contributed by atoms with Gasteiger partial charge in [-0.2, -0.15) is 0 Å². The van der Waals surface area contributed by atoms with Crippen molar-refractivity contribution in [2.75, 3.05) is 6.61 Å². The predicted molar refractivity (Wildman–Crippen MR) is 97.1 cm³/mol. The van der Waals surface area contributed by atoms with E-state index in [9.17, 15) is 9.59 Å². The lowest BCUT2D eigenvalue weighted by Gasteiger charge is -2.31. The van der Waals surface area contributed by atoms with Crippen molar-refractivity contribution in [2.24, 2.45) is 0 Å². The highest BCUT2D eigenvalue weighted by Crippen LogP contribution is 2.26. The van der Waals surface area contributed by atoms with Gasteiger partial charge in [0.15, 0.2) is 6.61 Å². The predicted octanol–water partition coefficient (Wildman–Crippen LogP) is 4.12. The Hall–Kier alpha value is -2.60. The van der Waals surface area contributed by atoms with Crippen LogP contribution in [0.2, 0.25) is 0 Å². The van der Waals surface area contributed by atoms with Crippen LogP contribution >= 0.6 is 0 Å². The minimum atomic E-state index is -1.48. The average Bonchev–Trinajstić information content (AvgIpc) is 2.62. The number of hydrogen-bond acceptors (Lipinski definition) is 6. The third-order valence-electron chi connectivity index (χ3n) is 3.35. The van der Waals surface area contributed by atoms with Crippen LogP contribution in [-0.2, 0) is 24.1 Å². The molecule has 0 aromatic heterocycles. The maximum Gasteiger partial charge on any atom is 0.368 e. The molecule has 6 nitrogen and oxygen atoms in total. The molecule has 6 heteroatoms. The van der Waals surface area contributed by atoms with E-state index in [2.05, 4.69) is 13.2 Å². The van der Waals surface area contributed by atoms with Crippen LogP contribution in [0.15, 0.2) is 54.6 Å². The summed E-state index contributed by atoms with van der Waals surface area (Å²) in [5, 5.41) is 0. The molecule has 0 heterocycles. The van der Waals surface area contributed by atoms with Crippen LogP contribution in [-0.4, -0.2) is 24.3 Å². The van der Waals surface area contributed by atoms with E-state index in [4.69, 9.17) is 19.2 Å². The standard InChI is InChI=1S/C20H26O6/c1-6-7-13-20(14-23-18(21)15(2)3,26-25-19(22)16(4)5)24-17-11-9-8-10-12-17/h8-12H,2,4,6-7,13-14H2,1,3,5H3. The van der Waals surface area contributed by atoms with Crippen molar-refractivity contribution < 1.29 is 28.8 Å². The van der Waals surface area contributed by atoms with Crippen molar-refractivity contribution in [3.05, 3.63) is 54.6 Å². The lowest BCUT2D eigenvalue weighted by atomic mass is 10.1. The van der Waals surface area contributed by atoms with Crippen molar-refractivity contribution in [3.8, 4) is 5.75 Å². The van der Waals surface area contributed by atoms with Gasteiger partial charge in [0, 0.05) is 17.6 Å². The van der Waals surface area contributed by atoms with Crippen LogP contribution in [0.1, 0.15) is 40.0 Å². The first kappa shape index (κ1) is 21.4. The van der Waals surface area contributed by atoms with Gasteiger partial charge in [-0.15, -0.1) is 4.89 Å². The molecule has 1 aromatic carbocycles. The van der Waals surface area contributed by atoms with E-state index in [0.29, 0.717) is 18.6 Å². The number of unbranched alkanes of at least 4 members (excludes halogenated alkanes) is 1. The molecular weight excluding hydrogens is 336 g/mol. The molecule has 0 saturated carbocycles. The Bertz CT molecular complexity index is 605. The Morgan fingerprint density at radius 1 is 1.04 bits per heavy atom. The number of para-hydroxylation sites is 1. The lowest BCUT2D eigenvalue weighted by Crippen LogP contribution is -2.45. The smallest absolute Gasteiger partial charge is 0.368 e. The molecule has 0 aliphatic rings. The SMILES string of the molecule is C=C(C)C(=O)OCC(CCCC)(OOC(=O)C(=C)C)Oc1ccccc1. The number of rotatable bonds is 11. The second-order valence-corrected chi connectivity index (χ2v) is 6.02. The first-order valence-corrected chi connectivity index (χ1v) is 8.42. The summed E-state index contributed by atoms with van der Waals surface area (Å²) in [6.07, 6.45) is 1.87. The quantitative estimate of drug-likeness (QED) is 0.194. The van der Waals surface area contributed by atoms with E-state index in [-0.39, 0.29) is 17.8 Å². The van der Waals surface area contributed by atoms with Gasteiger partial charge in [0.2, 0.25) is 0 Å². The summed E-state index contributed by atoms with van der Waals surface area (Å²) in [7, 11) is 0. The molecule has 1 rings (SSSR count). The molecule has 142 valence electrons. The van der Waals surface area contributed by atoms with Crippen LogP contribution in [0.25, 0.3) is 0 Å². The summed E-state index contributed by atoms with van der Waals surface area (Å²) in [6, 6.07) is 8.87. The first-order valence-electron chi connectivity index (χ1n) is 8.42. The summed E-state index contributed by atoms with van der Waals surface area (Å²) in [5.41, 5.74) is 0.418. The molecular formula is C20H26O6. The van der Waals surface area contributed by atoms with Gasteiger partial charge in [-0.3, -0.25) is 4.89 Å². The van der Waals surface area contributed by atoms with E-state index in [1.807, 2.05) is 13.0 Å². The van der Waals surface area contributed by atoms with Crippen molar-refractivity contribution in [1.82, 2.24) is 0 Å². The molecule has 0 amide bonds. The molecule has 1 aromatic rings. The van der Waals surface area contributed by atoms with Gasteiger partial charge in [-0.1, -0.05) is 44.7 Å². The van der Waals surface area contributed by atoms with Gasteiger partial charge in [0.1, 0.15) is 5.75 Å². The molecule has 1 unspecified atom stereocenters. The molecule has 26 heavy (non-hydrogen) atoms. The number of ether oxygens (including phenoxy) is 2. The van der Waals surface area contributed by atoms with Crippen molar-refractivity contribution in [1.29, 1.82) is 0 Å². The Labute approximate surface area is 154 Å². The van der Waals surface area contributed by atoms with Gasteiger partial charge in [-0.05, 0) is 32.4 Å². The maximum atomic E-state index is 11.8. The Balaban J connectivity index is 3.04. The van der Waals surface area contributed by atoms with E-state index in [1.54, 1.807) is 24.3 Å². The van der Waals surface area contributed by atoms with Crippen LogP contribution in [0, 0.1) is 0 Å². The highest BCUT2D eigenvalue weighted by atomic mass is 17.2. The second kappa shape index (κ2) is 10.4. The molecule has 0 fully saturated rings. The minimum Gasteiger partial charge on any atom is -0.455 e. The second-order valence-electron chi connectivity index (χ2n) is 6.02. The summed E-state index contributed by atoms with van der Waals surface area (Å²) >= 11 is 0. The zero-order valence-electron chi connectivity index (χ0n) is 15.6. The molecule has 0 aliphatic carbocycles. The highest BCUT2D eigenvalue weighted by molar-refractivity contribution is 5.87. The Kier molecular flexibility index (Phi) is 8.58. The highest BCUT2D eigenvalue weighted by Gasteiger charge is 2.38. The fourth-order valence-electron chi connectivity index (χ4n) is 1.87. The summed E-state index contributed by atoms with van der Waals surface area (Å²) in [4.78, 5) is 33.7. The first-order chi connectivity index (χ1) is 12.3. The molecule has 0 saturated heterocycles. The monoisotopic (exact) mass is 362 g/mol. The van der Waals surface area contributed by atoms with E-state index < -0.39 is 17.7 Å². The third kappa shape index (κ3) is 7.11. The third-order valence-corrected chi connectivity index (χ3v) is 3.35. The zero-order chi connectivity index (χ0) is 19.6. The number of esters is 1. The van der Waals surface area contributed by atoms with Gasteiger partial charge >= 0.3 is 11.9 Å². The van der Waals surface area contributed by atoms with Crippen molar-refractivity contribution in [3.63, 3.8) is 0 Å². The number of benzene rings is 1. The lowest BCUT2D eigenvalue weighted by molar-refractivity contribution is -0.391. The zero-order valence-corrected chi connectivity index (χ0v) is 15.6. The largest absolute Gasteiger partial charge is 0.455 e. The fourth-order valence-corrected chi connectivity index (χ4v) is 1.87. The maximum absolute atomic E-state index is 11.8. The van der Waals surface area contributed by atoms with Gasteiger partial charge in [-0.25, -0.2) is 9.59 Å². The molecule has 0 bridgehead atoms. The van der Waals surface area contributed by atoms with E-state index >= 15 is 0 Å². The number of carbonyl (C=O) groups excluding carboxylic acids is 2. The van der Waals surface area contributed by atoms with Crippen LogP contribution < -0.4 is 4.74 Å². The van der Waals surface area contributed by atoms with E-state index in [0.717, 1.165) is 6.42 Å². The van der Waals surface area contributed by atoms with Crippen LogP contribution in [0.5, 0.6) is 5.75 Å². The molecule has 0 radical (unpaired) electrons. The van der Waals surface area contributed by atoms with Gasteiger partial charge in [0.05, 0.1) is 0 Å². The molecule has 0 aliphatic heterocycles. The normalized spacial score (nSPS) is 12.6. The molecule has 0 N–H and O–H groups in total. The van der Waals surface area contributed by atoms with Crippen LogP contribution in [0.3, 0.4) is 0 Å². The topological polar surface area (TPSA) is 71.1 Å². The number of hydrogen-bond donors (Lipinski definition) is 0. The van der Waals surface area contributed by atoms with Gasteiger partial charge < -0.3 is 9.47 Å². The Morgan fingerprint density at radius 3 is 2.19 bits per heavy atom. The summed E-state index contributed by atoms with van der Waals surface area (Å²) in [6.45, 7) is 11.8. The average molecular weight is 362 g/mol. The fraction of sp³-hybridized carbons (Fsp3) is 0.400. The van der Waals surface area contributed by atoms with E-state index in [1.165, 1.54) is 13.8 Å². The van der Waals surface area contributed by atoms with Crippen LogP contribution in [0.4, 0.5) is 0 Å². The van der Waals surface area contributed by atoms with Gasteiger partial charge in [0.25, 0.3) is 5.79 Å².